The van der Waals surface area contributed by atoms with E-state index in [2.05, 4.69) is 27.8 Å². The van der Waals surface area contributed by atoms with E-state index in [4.69, 9.17) is 14.2 Å². The Morgan fingerprint density at radius 1 is 0.541 bits per heavy atom. The van der Waals surface area contributed by atoms with Crippen LogP contribution in [0.1, 0.15) is 170 Å². The molecule has 27 heteroatoms. The summed E-state index contributed by atoms with van der Waals surface area (Å²) in [4.78, 5) is 185. The van der Waals surface area contributed by atoms with Gasteiger partial charge in [0.15, 0.2) is 0 Å². The lowest BCUT2D eigenvalue weighted by Crippen LogP contribution is -2.65. The summed E-state index contributed by atoms with van der Waals surface area (Å²) >= 11 is 0. The van der Waals surface area contributed by atoms with Crippen LogP contribution in [0.5, 0.6) is 0 Å². The van der Waals surface area contributed by atoms with Gasteiger partial charge in [-0.1, -0.05) is 108 Å². The largest absolute Gasteiger partial charge is 0.466 e. The Hall–Kier alpha value is -7.00. The molecule has 0 aromatic heterocycles. The number of allylic oxidation sites excluding steroid dienone is 1. The average Bonchev–Trinajstić information content (AvgIpc) is 0.804. The van der Waals surface area contributed by atoms with E-state index < -0.39 is 174 Å². The number of aliphatic hydroxyl groups is 1. The first kappa shape index (κ1) is 89.0. The fraction of sp³-hybridized carbons (Fsp3) is 0.775. The van der Waals surface area contributed by atoms with Gasteiger partial charge in [0.1, 0.15) is 66.5 Å². The molecule has 0 saturated carbocycles. The van der Waals surface area contributed by atoms with Gasteiger partial charge in [-0.3, -0.25) is 57.5 Å². The molecule has 11 amide bonds. The molecule has 0 aromatic rings. The molecule has 1 fully saturated rings. The van der Waals surface area contributed by atoms with Crippen molar-refractivity contribution >= 4 is 70.9 Å². The Balaban J connectivity index is 4.65. The van der Waals surface area contributed by atoms with Crippen LogP contribution in [0.15, 0.2) is 24.8 Å². The minimum atomic E-state index is -1.71. The number of ether oxygens (including phenoxy) is 3. The van der Waals surface area contributed by atoms with Crippen molar-refractivity contribution in [2.75, 3.05) is 75.3 Å². The van der Waals surface area contributed by atoms with E-state index in [0.717, 1.165) is 9.80 Å². The number of carbonyl (C=O) groups excluding carboxylic acids is 12. The quantitative estimate of drug-likeness (QED) is 0.0491. The van der Waals surface area contributed by atoms with E-state index >= 15 is 38.4 Å². The van der Waals surface area contributed by atoms with Gasteiger partial charge in [-0.25, -0.2) is 0 Å². The van der Waals surface area contributed by atoms with Crippen LogP contribution in [0.4, 0.5) is 0 Å². The number of rotatable bonds is 25. The SMILES string of the molecule is C=CCOC[C@@H]1C(=O)N(C)C([C@@H](C)OCCCCOC(C)=O)C(=O)N[C@@H](C(C)C)C(=O)N(C)[C@@H](CC(C)C)C(=O)N[C@@H](C)C(=O)N[C@H](C)C(=O)N(C)[C@@H](CC(C)C)C(=O)N(C)[C@@H](CC(C)C)C(=O)N(C)[C@@H](C(C)C)C(=O)N(C)[C@@H]([C@H](O)[C@H](C)/C=C/C)C(=O)N[C@@H](CC)C(=O)N1CCC. The molecule has 0 spiro atoms. The van der Waals surface area contributed by atoms with Gasteiger partial charge < -0.3 is 74.9 Å². The minimum Gasteiger partial charge on any atom is -0.466 e. The van der Waals surface area contributed by atoms with Crippen molar-refractivity contribution in [3.8, 4) is 0 Å². The predicted octanol–water partition coefficient (Wildman–Crippen LogP) is 3.93. The van der Waals surface area contributed by atoms with Gasteiger partial charge in [0.05, 0.1) is 32.0 Å². The Labute approximate surface area is 584 Å². The normalized spacial score (nSPS) is 25.8. The van der Waals surface area contributed by atoms with Crippen LogP contribution in [-0.4, -0.2) is 264 Å². The molecule has 0 aromatic carbocycles. The molecule has 14 atom stereocenters. The second-order valence-electron chi connectivity index (χ2n) is 28.2. The second kappa shape index (κ2) is 42.8. The maximum atomic E-state index is 15.6. The molecule has 27 nitrogen and oxygen atoms in total. The number of aliphatic hydroxyl groups excluding tert-OH is 1. The zero-order valence-electron chi connectivity index (χ0n) is 63.6. The van der Waals surface area contributed by atoms with Crippen LogP contribution in [0.3, 0.4) is 0 Å². The molecule has 1 rings (SSSR count). The lowest BCUT2D eigenvalue weighted by molar-refractivity contribution is -0.158. The highest BCUT2D eigenvalue weighted by atomic mass is 16.5. The lowest BCUT2D eigenvalue weighted by atomic mass is 9.93. The number of esters is 1. The number of unbranched alkanes of at least 4 members (excludes halogenated alkanes) is 1. The third kappa shape index (κ3) is 25.9. The van der Waals surface area contributed by atoms with Crippen LogP contribution >= 0.6 is 0 Å². The maximum absolute atomic E-state index is 15.6. The van der Waals surface area contributed by atoms with Crippen LogP contribution < -0.4 is 21.3 Å². The number of likely N-dealkylation sites (N-methyl/N-ethyl adjacent to an activating group) is 6. The minimum absolute atomic E-state index is 0.0233. The van der Waals surface area contributed by atoms with Gasteiger partial charge in [0.25, 0.3) is 0 Å². The van der Waals surface area contributed by atoms with E-state index in [1.54, 1.807) is 74.5 Å². The monoisotopic (exact) mass is 1390 g/mol. The van der Waals surface area contributed by atoms with Gasteiger partial charge in [-0.05, 0) is 102 Å². The zero-order valence-corrected chi connectivity index (χ0v) is 63.6. The van der Waals surface area contributed by atoms with Crippen LogP contribution in [-0.2, 0) is 71.7 Å². The molecule has 1 unspecified atom stereocenters. The molecule has 1 aliphatic heterocycles. The third-order valence-corrected chi connectivity index (χ3v) is 17.8. The third-order valence-electron chi connectivity index (χ3n) is 17.8. The van der Waals surface area contributed by atoms with E-state index in [0.29, 0.717) is 12.8 Å². The summed E-state index contributed by atoms with van der Waals surface area (Å²) in [5, 5.41) is 23.3. The van der Waals surface area contributed by atoms with Gasteiger partial charge in [0.2, 0.25) is 65.0 Å². The Bertz CT molecular complexity index is 2690. The van der Waals surface area contributed by atoms with Crippen molar-refractivity contribution in [3.05, 3.63) is 24.8 Å². The number of amides is 11. The smallest absolute Gasteiger partial charge is 0.302 e. The molecule has 98 heavy (non-hydrogen) atoms. The average molecular weight is 1390 g/mol. The van der Waals surface area contributed by atoms with Gasteiger partial charge in [-0.15, -0.1) is 6.58 Å². The zero-order chi connectivity index (χ0) is 75.5. The van der Waals surface area contributed by atoms with E-state index in [1.807, 2.05) is 41.5 Å². The molecule has 1 heterocycles. The highest BCUT2D eigenvalue weighted by Gasteiger charge is 2.47. The van der Waals surface area contributed by atoms with Crippen molar-refractivity contribution in [1.82, 2.24) is 55.6 Å². The van der Waals surface area contributed by atoms with Gasteiger partial charge in [-0.2, -0.15) is 0 Å². The summed E-state index contributed by atoms with van der Waals surface area (Å²) in [5.74, 6) is -11.3. The highest BCUT2D eigenvalue weighted by molar-refractivity contribution is 6.00. The van der Waals surface area contributed by atoms with Crippen molar-refractivity contribution in [1.29, 1.82) is 0 Å². The van der Waals surface area contributed by atoms with Crippen LogP contribution in [0, 0.1) is 35.5 Å². The summed E-state index contributed by atoms with van der Waals surface area (Å²) in [5.41, 5.74) is 0. The molecular formula is C71H125N11O16. The Kier molecular flexibility index (Phi) is 38.9. The number of nitrogens with zero attached hydrogens (tertiary/aromatic N) is 7. The molecule has 0 aliphatic carbocycles. The number of nitrogens with one attached hydrogen (secondary N) is 4. The molecule has 1 saturated heterocycles. The maximum Gasteiger partial charge on any atom is 0.302 e. The van der Waals surface area contributed by atoms with Crippen LogP contribution in [0.25, 0.3) is 0 Å². The number of carbonyl (C=O) groups is 12. The van der Waals surface area contributed by atoms with Crippen LogP contribution in [0.2, 0.25) is 0 Å². The van der Waals surface area contributed by atoms with Gasteiger partial charge in [0, 0.05) is 68.3 Å². The Morgan fingerprint density at radius 2 is 1.01 bits per heavy atom. The predicted molar refractivity (Wildman–Crippen MR) is 375 cm³/mol. The van der Waals surface area contributed by atoms with E-state index in [9.17, 15) is 24.3 Å². The first-order chi connectivity index (χ1) is 45.6. The van der Waals surface area contributed by atoms with E-state index in [1.165, 1.54) is 93.6 Å². The summed E-state index contributed by atoms with van der Waals surface area (Å²) in [6.45, 7) is 33.6. The molecule has 5 N–H and O–H groups in total. The number of hydrogen-bond acceptors (Lipinski definition) is 16. The lowest BCUT2D eigenvalue weighted by Gasteiger charge is -2.41. The first-order valence-electron chi connectivity index (χ1n) is 35.0. The molecule has 560 valence electrons. The summed E-state index contributed by atoms with van der Waals surface area (Å²) in [7, 11) is 8.36. The van der Waals surface area contributed by atoms with Gasteiger partial charge >= 0.3 is 5.97 Å². The van der Waals surface area contributed by atoms with Crippen molar-refractivity contribution in [2.45, 2.75) is 248 Å². The fourth-order valence-corrected chi connectivity index (χ4v) is 12.1. The van der Waals surface area contributed by atoms with E-state index in [-0.39, 0.29) is 76.2 Å². The molecule has 0 bridgehead atoms. The first-order valence-corrected chi connectivity index (χ1v) is 35.0. The summed E-state index contributed by atoms with van der Waals surface area (Å²) in [6, 6.07) is -15.0. The highest BCUT2D eigenvalue weighted by Crippen LogP contribution is 2.26. The van der Waals surface area contributed by atoms with Crippen molar-refractivity contribution < 1.29 is 76.9 Å². The topological polar surface area (TPSA) is 324 Å². The standard InChI is InChI=1S/C71H125N11O16/c1-26-32-46(15)60(84)59-64(88)74-51(29-4)66(90)82(33-27-2)55(40-96-34-28-3)69(93)80(24)58(49(18)97-35-30-31-36-98-50(19)83)63(87)75-56(44(11)12)70(94)76(20)52(37-41(5)6)62(86)72-47(16)61(85)73-48(17)65(89)77(21)53(38-42(7)8)67(91)78(22)54(39-43(9)10)68(92)79(23)57(45(13)14)71(95)81(59)25/h26,28,32,41-49,51-60,84H,3,27,29-31,33-40H2,1-2,4-25H3,(H,72,86)(H,73,85)(H,74,88)(H,75,87)/b32-26+/t46-,47+,48-,49-,51+,52+,53+,54+,55-,56+,57+,58?,59+,60-/m1/s1. The fourth-order valence-electron chi connectivity index (χ4n) is 12.1. The summed E-state index contributed by atoms with van der Waals surface area (Å²) < 4.78 is 17.3. The molecule has 0 radical (unpaired) electrons. The van der Waals surface area contributed by atoms with Crippen molar-refractivity contribution in [2.24, 2.45) is 35.5 Å². The second-order valence-corrected chi connectivity index (χ2v) is 28.2. The summed E-state index contributed by atoms with van der Waals surface area (Å²) in [6.07, 6.45) is 3.31. The Morgan fingerprint density at radius 3 is 1.50 bits per heavy atom. The van der Waals surface area contributed by atoms with Crippen molar-refractivity contribution in [3.63, 3.8) is 0 Å². The molecule has 1 aliphatic rings. The number of hydrogen-bond donors (Lipinski definition) is 5. The molecular weight excluding hydrogens is 1260 g/mol.